The van der Waals surface area contributed by atoms with Crippen molar-refractivity contribution in [3.8, 4) is 0 Å². The maximum absolute atomic E-state index is 10.2. The molecule has 0 aromatic heterocycles. The molecule has 0 saturated heterocycles. The van der Waals surface area contributed by atoms with Gasteiger partial charge in [-0.15, -0.1) is 0 Å². The van der Waals surface area contributed by atoms with Crippen LogP contribution in [0, 0.1) is 0 Å². The van der Waals surface area contributed by atoms with E-state index in [0.717, 1.165) is 0 Å². The van der Waals surface area contributed by atoms with Crippen LogP contribution in [0.1, 0.15) is 12.8 Å². The fourth-order valence-electron chi connectivity index (χ4n) is 0.541. The van der Waals surface area contributed by atoms with Crippen molar-refractivity contribution in [3.05, 3.63) is 0 Å². The Balaban J connectivity index is 3.34. The van der Waals surface area contributed by atoms with Crippen LogP contribution >= 0.6 is 20.0 Å². The van der Waals surface area contributed by atoms with Gasteiger partial charge >= 0.3 is 7.82 Å². The molecule has 7 heteroatoms. The van der Waals surface area contributed by atoms with E-state index in [0.29, 0.717) is 17.8 Å². The van der Waals surface area contributed by atoms with Crippen LogP contribution in [0.2, 0.25) is 0 Å². The number of hydrogen-bond donors (Lipinski definition) is 3. The number of phosphoric ester groups is 1. The summed E-state index contributed by atoms with van der Waals surface area (Å²) in [6.45, 7) is 0.0199. The van der Waals surface area contributed by atoms with Crippen LogP contribution in [0.3, 0.4) is 0 Å². The van der Waals surface area contributed by atoms with Gasteiger partial charge in [-0.25, -0.2) is 4.57 Å². The first kappa shape index (κ1) is 12.0. The summed E-state index contributed by atoms with van der Waals surface area (Å²) >= 11 is 4.80. The highest BCUT2D eigenvalue weighted by atomic mass is 32.1. The van der Waals surface area contributed by atoms with Crippen LogP contribution in [-0.4, -0.2) is 28.4 Å². The number of phosphoric acid groups is 1. The highest BCUT2D eigenvalue weighted by Gasteiger charge is 2.12. The van der Waals surface area contributed by atoms with Crippen molar-refractivity contribution in [2.24, 2.45) is 0 Å². The average molecular weight is 213 g/mol. The molecule has 0 aliphatic carbocycles. The average Bonchev–Trinajstić information content (AvgIpc) is 1.96. The van der Waals surface area contributed by atoms with Gasteiger partial charge in [0.05, 0.1) is 11.6 Å². The summed E-state index contributed by atoms with van der Waals surface area (Å²) < 4.78 is 14.4. The zero-order valence-electron chi connectivity index (χ0n) is 6.69. The van der Waals surface area contributed by atoms with E-state index < -0.39 is 7.82 Å². The lowest BCUT2D eigenvalue weighted by atomic mass is 10.3. The molecule has 5 nitrogen and oxygen atoms in total. The monoisotopic (exact) mass is 213 g/mol. The van der Waals surface area contributed by atoms with E-state index in [1.807, 2.05) is 0 Å². The molecule has 0 aromatic rings. The van der Waals surface area contributed by atoms with E-state index in [4.69, 9.17) is 22.0 Å². The summed E-state index contributed by atoms with van der Waals surface area (Å²) in [4.78, 5) is 17.2. The molecule has 0 aliphatic heterocycles. The maximum atomic E-state index is 10.2. The first-order valence-electron chi connectivity index (χ1n) is 3.36. The zero-order valence-corrected chi connectivity index (χ0v) is 8.40. The summed E-state index contributed by atoms with van der Waals surface area (Å²) in [6, 6.07) is 0. The molecule has 0 heterocycles. The van der Waals surface area contributed by atoms with Crippen LogP contribution in [-0.2, 0) is 9.09 Å². The van der Waals surface area contributed by atoms with Crippen molar-refractivity contribution < 1.29 is 18.9 Å². The van der Waals surface area contributed by atoms with Crippen molar-refractivity contribution in [2.45, 2.75) is 12.8 Å². The predicted molar refractivity (Wildman–Crippen MR) is 48.9 cm³/mol. The summed E-state index contributed by atoms with van der Waals surface area (Å²) in [5, 5.41) is 2.74. The van der Waals surface area contributed by atoms with Crippen LogP contribution in [0.25, 0.3) is 0 Å². The Hall–Kier alpha value is -0.0000000000000000416. The minimum absolute atomic E-state index is 0.0199. The number of hydrogen-bond acceptors (Lipinski definition) is 3. The van der Waals surface area contributed by atoms with Gasteiger partial charge in [-0.3, -0.25) is 4.52 Å². The highest BCUT2D eigenvalue weighted by Crippen LogP contribution is 2.35. The van der Waals surface area contributed by atoms with Gasteiger partial charge in [0, 0.05) is 7.05 Å². The zero-order chi connectivity index (χ0) is 9.61. The van der Waals surface area contributed by atoms with Crippen molar-refractivity contribution >= 4 is 25.0 Å². The van der Waals surface area contributed by atoms with Crippen molar-refractivity contribution in [1.82, 2.24) is 5.32 Å². The normalized spacial score (nSPS) is 11.2. The molecule has 0 unspecified atom stereocenters. The maximum Gasteiger partial charge on any atom is 0.469 e. The molecule has 3 N–H and O–H groups in total. The Labute approximate surface area is 76.4 Å². The van der Waals surface area contributed by atoms with Gasteiger partial charge in [-0.05, 0) is 12.8 Å². The first-order chi connectivity index (χ1) is 5.45. The number of thiocarbonyl (C=S) groups is 1. The summed E-state index contributed by atoms with van der Waals surface area (Å²) in [5.74, 6) is 0. The van der Waals surface area contributed by atoms with Gasteiger partial charge < -0.3 is 15.1 Å². The summed E-state index contributed by atoms with van der Waals surface area (Å²) in [5.41, 5.74) is 0. The molecule has 72 valence electrons. The minimum Gasteiger partial charge on any atom is -0.383 e. The SMILES string of the molecule is CNC(=S)CCCOP(=O)(O)O. The van der Waals surface area contributed by atoms with Crippen molar-refractivity contribution in [3.63, 3.8) is 0 Å². The molecule has 0 rings (SSSR count). The lowest BCUT2D eigenvalue weighted by Gasteiger charge is -2.05. The molecule has 0 atom stereocenters. The third-order valence-electron chi connectivity index (χ3n) is 1.09. The van der Waals surface area contributed by atoms with Crippen LogP contribution < -0.4 is 5.32 Å². The molecule has 12 heavy (non-hydrogen) atoms. The lowest BCUT2D eigenvalue weighted by Crippen LogP contribution is -2.15. The lowest BCUT2D eigenvalue weighted by molar-refractivity contribution is 0.196. The Morgan fingerprint density at radius 1 is 1.67 bits per heavy atom. The topological polar surface area (TPSA) is 78.8 Å². The molecular weight excluding hydrogens is 201 g/mol. The molecule has 0 aliphatic rings. The van der Waals surface area contributed by atoms with Gasteiger partial charge in [0.25, 0.3) is 0 Å². The standard InChI is InChI=1S/C5H12NO4PS/c1-6-5(12)3-2-4-10-11(7,8)9/h2-4H2,1H3,(H,6,12)(H2,7,8,9). The quantitative estimate of drug-likeness (QED) is 0.349. The van der Waals surface area contributed by atoms with Crippen LogP contribution in [0.5, 0.6) is 0 Å². The number of rotatable bonds is 5. The predicted octanol–water partition coefficient (Wildman–Crippen LogP) is 0.423. The molecule has 0 fully saturated rings. The molecule has 0 saturated carbocycles. The van der Waals surface area contributed by atoms with E-state index in [2.05, 4.69) is 9.84 Å². The Kier molecular flexibility index (Phi) is 5.61. The van der Waals surface area contributed by atoms with Gasteiger partial charge in [0.1, 0.15) is 0 Å². The van der Waals surface area contributed by atoms with E-state index in [1.165, 1.54) is 0 Å². The molecule has 0 aromatic carbocycles. The summed E-state index contributed by atoms with van der Waals surface area (Å²) in [7, 11) is -2.60. The Morgan fingerprint density at radius 3 is 2.67 bits per heavy atom. The van der Waals surface area contributed by atoms with Gasteiger partial charge in [-0.2, -0.15) is 0 Å². The van der Waals surface area contributed by atoms with Gasteiger partial charge in [0.15, 0.2) is 0 Å². The van der Waals surface area contributed by atoms with E-state index in [9.17, 15) is 4.57 Å². The summed E-state index contributed by atoms with van der Waals surface area (Å²) in [6.07, 6.45) is 1.08. The second-order valence-electron chi connectivity index (χ2n) is 2.10. The van der Waals surface area contributed by atoms with Gasteiger partial charge in [-0.1, -0.05) is 12.2 Å². The third-order valence-corrected chi connectivity index (χ3v) is 2.01. The molecular formula is C5H12NO4PS. The largest absolute Gasteiger partial charge is 0.469 e. The van der Waals surface area contributed by atoms with Crippen LogP contribution in [0.15, 0.2) is 0 Å². The Morgan fingerprint density at radius 2 is 2.25 bits per heavy atom. The van der Waals surface area contributed by atoms with Crippen LogP contribution in [0.4, 0.5) is 0 Å². The third kappa shape index (κ3) is 8.10. The highest BCUT2D eigenvalue weighted by molar-refractivity contribution is 7.80. The smallest absolute Gasteiger partial charge is 0.383 e. The molecule has 0 spiro atoms. The van der Waals surface area contributed by atoms with E-state index in [1.54, 1.807) is 7.05 Å². The minimum atomic E-state index is -4.30. The first-order valence-corrected chi connectivity index (χ1v) is 5.30. The molecule has 0 amide bonds. The van der Waals surface area contributed by atoms with E-state index >= 15 is 0 Å². The van der Waals surface area contributed by atoms with Crippen molar-refractivity contribution in [1.29, 1.82) is 0 Å². The fraction of sp³-hybridized carbons (Fsp3) is 0.800. The van der Waals surface area contributed by atoms with Gasteiger partial charge in [0.2, 0.25) is 0 Å². The Bertz CT molecular complexity index is 192. The molecule has 0 radical (unpaired) electrons. The van der Waals surface area contributed by atoms with Crippen molar-refractivity contribution in [2.75, 3.05) is 13.7 Å². The molecule has 0 bridgehead atoms. The second kappa shape index (κ2) is 5.61. The number of nitrogens with one attached hydrogen (secondary N) is 1. The van der Waals surface area contributed by atoms with E-state index in [-0.39, 0.29) is 6.61 Å². The second-order valence-corrected chi connectivity index (χ2v) is 3.83. The fourth-order valence-corrected chi connectivity index (χ4v) is 1.05.